The largest absolute Gasteiger partial charge is 0.375 e. The van der Waals surface area contributed by atoms with Gasteiger partial charge in [-0.25, -0.2) is 4.98 Å². The van der Waals surface area contributed by atoms with E-state index in [0.717, 1.165) is 24.5 Å². The minimum atomic E-state index is 0.252. The fraction of sp³-hybridized carbons (Fsp3) is 0.727. The number of nitrogens with zero attached hydrogens (tertiary/aromatic N) is 1. The van der Waals surface area contributed by atoms with Crippen molar-refractivity contribution in [3.8, 4) is 0 Å². The topological polar surface area (TPSA) is 50.9 Å². The van der Waals surface area contributed by atoms with Crippen LogP contribution in [0.3, 0.4) is 0 Å². The maximum Gasteiger partial charge on any atom is 0.180 e. The van der Waals surface area contributed by atoms with Crippen LogP contribution in [0.1, 0.15) is 37.3 Å². The Morgan fingerprint density at radius 3 is 3.13 bits per heavy atom. The van der Waals surface area contributed by atoms with Crippen molar-refractivity contribution in [3.05, 3.63) is 10.6 Å². The summed E-state index contributed by atoms with van der Waals surface area (Å²) in [4.78, 5) is 5.75. The first-order chi connectivity index (χ1) is 7.13. The molecule has 1 aromatic rings. The number of aryl methyl sites for hydroxylation is 1. The van der Waals surface area contributed by atoms with Gasteiger partial charge in [-0.15, -0.1) is 11.3 Å². The number of thiazole rings is 1. The third-order valence-corrected chi connectivity index (χ3v) is 3.99. The molecular formula is C11H19N3S. The van der Waals surface area contributed by atoms with Gasteiger partial charge in [0.2, 0.25) is 0 Å². The van der Waals surface area contributed by atoms with Crippen LogP contribution in [0.2, 0.25) is 0 Å². The van der Waals surface area contributed by atoms with Gasteiger partial charge < -0.3 is 11.1 Å². The lowest BCUT2D eigenvalue weighted by Gasteiger charge is -2.34. The normalized spacial score (nSPS) is 25.2. The van der Waals surface area contributed by atoms with Crippen molar-refractivity contribution in [2.24, 2.45) is 0 Å². The summed E-state index contributed by atoms with van der Waals surface area (Å²) < 4.78 is 0. The number of anilines is 1. The summed E-state index contributed by atoms with van der Waals surface area (Å²) in [6, 6.07) is 0. The number of nitrogens with two attached hydrogens (primary N) is 1. The molecule has 0 radical (unpaired) electrons. The molecular weight excluding hydrogens is 206 g/mol. The predicted molar refractivity (Wildman–Crippen MR) is 65.3 cm³/mol. The van der Waals surface area contributed by atoms with Gasteiger partial charge in [-0.3, -0.25) is 0 Å². The first kappa shape index (κ1) is 10.9. The van der Waals surface area contributed by atoms with Gasteiger partial charge in [0.15, 0.2) is 5.13 Å². The maximum atomic E-state index is 5.73. The highest BCUT2D eigenvalue weighted by atomic mass is 32.1. The SMILES string of the molecule is CCCN[C@@]1(C)CCc2nc(N)sc2C1. The van der Waals surface area contributed by atoms with E-state index in [0.29, 0.717) is 0 Å². The molecule has 0 saturated heterocycles. The van der Waals surface area contributed by atoms with E-state index in [1.54, 1.807) is 11.3 Å². The molecule has 2 rings (SSSR count). The second kappa shape index (κ2) is 4.10. The van der Waals surface area contributed by atoms with Crippen LogP contribution in [0, 0.1) is 0 Å². The molecule has 0 saturated carbocycles. The fourth-order valence-electron chi connectivity index (χ4n) is 2.15. The van der Waals surface area contributed by atoms with Crippen molar-refractivity contribution < 1.29 is 0 Å². The third kappa shape index (κ3) is 2.32. The Balaban J connectivity index is 2.10. The van der Waals surface area contributed by atoms with E-state index in [1.165, 1.54) is 23.4 Å². The molecule has 84 valence electrons. The Bertz CT molecular complexity index is 348. The standard InChI is InChI=1S/C11H19N3S/c1-3-6-13-11(2)5-4-8-9(7-11)15-10(12)14-8/h13H,3-7H2,1-2H3,(H2,12,14)/t11-/m0/s1. The minimum Gasteiger partial charge on any atom is -0.375 e. The summed E-state index contributed by atoms with van der Waals surface area (Å²) in [5, 5.41) is 4.36. The summed E-state index contributed by atoms with van der Waals surface area (Å²) in [5.74, 6) is 0. The van der Waals surface area contributed by atoms with Gasteiger partial charge >= 0.3 is 0 Å². The minimum absolute atomic E-state index is 0.252. The van der Waals surface area contributed by atoms with Crippen LogP contribution in [0.15, 0.2) is 0 Å². The van der Waals surface area contributed by atoms with Gasteiger partial charge in [0.25, 0.3) is 0 Å². The van der Waals surface area contributed by atoms with E-state index in [-0.39, 0.29) is 5.54 Å². The van der Waals surface area contributed by atoms with Crippen molar-refractivity contribution in [2.75, 3.05) is 12.3 Å². The molecule has 0 unspecified atom stereocenters. The molecule has 4 heteroatoms. The first-order valence-electron chi connectivity index (χ1n) is 5.62. The van der Waals surface area contributed by atoms with Crippen LogP contribution in [0.5, 0.6) is 0 Å². The molecule has 1 atom stereocenters. The smallest absolute Gasteiger partial charge is 0.180 e. The molecule has 0 amide bonds. The zero-order chi connectivity index (χ0) is 10.9. The quantitative estimate of drug-likeness (QED) is 0.827. The monoisotopic (exact) mass is 225 g/mol. The van der Waals surface area contributed by atoms with E-state index in [4.69, 9.17) is 5.73 Å². The van der Waals surface area contributed by atoms with Gasteiger partial charge in [0, 0.05) is 16.8 Å². The average Bonchev–Trinajstić information content (AvgIpc) is 2.54. The summed E-state index contributed by atoms with van der Waals surface area (Å²) in [7, 11) is 0. The van der Waals surface area contributed by atoms with Crippen molar-refractivity contribution in [1.82, 2.24) is 10.3 Å². The van der Waals surface area contributed by atoms with Crippen LogP contribution < -0.4 is 11.1 Å². The number of hydrogen-bond donors (Lipinski definition) is 2. The molecule has 1 aliphatic carbocycles. The van der Waals surface area contributed by atoms with Gasteiger partial charge in [-0.2, -0.15) is 0 Å². The third-order valence-electron chi connectivity index (χ3n) is 3.06. The highest BCUT2D eigenvalue weighted by Gasteiger charge is 2.31. The molecule has 0 spiro atoms. The lowest BCUT2D eigenvalue weighted by atomic mass is 9.85. The Labute approximate surface area is 95.1 Å². The van der Waals surface area contributed by atoms with Gasteiger partial charge in [-0.1, -0.05) is 6.92 Å². The van der Waals surface area contributed by atoms with Crippen molar-refractivity contribution in [3.63, 3.8) is 0 Å². The summed E-state index contributed by atoms with van der Waals surface area (Å²) in [6.45, 7) is 5.61. The van der Waals surface area contributed by atoms with Crippen LogP contribution in [-0.4, -0.2) is 17.1 Å². The zero-order valence-corrected chi connectivity index (χ0v) is 10.3. The number of nitrogens with one attached hydrogen (secondary N) is 1. The zero-order valence-electron chi connectivity index (χ0n) is 9.47. The molecule has 3 N–H and O–H groups in total. The number of nitrogen functional groups attached to an aromatic ring is 1. The number of hydrogen-bond acceptors (Lipinski definition) is 4. The van der Waals surface area contributed by atoms with Crippen LogP contribution in [0.25, 0.3) is 0 Å². The molecule has 1 aliphatic rings. The molecule has 0 aromatic carbocycles. The van der Waals surface area contributed by atoms with E-state index < -0.39 is 0 Å². The lowest BCUT2D eigenvalue weighted by molar-refractivity contribution is 0.316. The van der Waals surface area contributed by atoms with Crippen molar-refractivity contribution in [2.45, 2.75) is 45.1 Å². The van der Waals surface area contributed by atoms with E-state index >= 15 is 0 Å². The Hall–Kier alpha value is -0.610. The predicted octanol–water partition coefficient (Wildman–Crippen LogP) is 1.97. The fourth-order valence-corrected chi connectivity index (χ4v) is 3.22. The molecule has 1 heterocycles. The first-order valence-corrected chi connectivity index (χ1v) is 6.44. The number of rotatable bonds is 3. The van der Waals surface area contributed by atoms with E-state index in [9.17, 15) is 0 Å². The highest BCUT2D eigenvalue weighted by Crippen LogP contribution is 2.33. The second-order valence-corrected chi connectivity index (χ2v) is 5.70. The molecule has 0 fully saturated rings. The van der Waals surface area contributed by atoms with Crippen LogP contribution in [-0.2, 0) is 12.8 Å². The Morgan fingerprint density at radius 2 is 2.40 bits per heavy atom. The van der Waals surface area contributed by atoms with Crippen molar-refractivity contribution in [1.29, 1.82) is 0 Å². The summed E-state index contributed by atoms with van der Waals surface area (Å²) >= 11 is 1.65. The number of aromatic nitrogens is 1. The molecule has 0 bridgehead atoms. The summed E-state index contributed by atoms with van der Waals surface area (Å²) in [6.07, 6.45) is 4.50. The lowest BCUT2D eigenvalue weighted by Crippen LogP contribution is -2.46. The van der Waals surface area contributed by atoms with Gasteiger partial charge in [0.1, 0.15) is 0 Å². The highest BCUT2D eigenvalue weighted by molar-refractivity contribution is 7.15. The van der Waals surface area contributed by atoms with Gasteiger partial charge in [0.05, 0.1) is 5.69 Å². The molecule has 15 heavy (non-hydrogen) atoms. The Morgan fingerprint density at radius 1 is 1.60 bits per heavy atom. The Kier molecular flexibility index (Phi) is 2.98. The second-order valence-electron chi connectivity index (χ2n) is 4.59. The van der Waals surface area contributed by atoms with Gasteiger partial charge in [-0.05, 0) is 32.7 Å². The molecule has 0 aliphatic heterocycles. The molecule has 1 aromatic heterocycles. The van der Waals surface area contributed by atoms with Crippen molar-refractivity contribution >= 4 is 16.5 Å². The average molecular weight is 225 g/mol. The van der Waals surface area contributed by atoms with Crippen LogP contribution >= 0.6 is 11.3 Å². The van der Waals surface area contributed by atoms with E-state index in [2.05, 4.69) is 24.1 Å². The summed E-state index contributed by atoms with van der Waals surface area (Å²) in [5.41, 5.74) is 7.22. The van der Waals surface area contributed by atoms with E-state index in [1.807, 2.05) is 0 Å². The maximum absolute atomic E-state index is 5.73. The molecule has 3 nitrogen and oxygen atoms in total. The van der Waals surface area contributed by atoms with Crippen LogP contribution in [0.4, 0.5) is 5.13 Å². The number of fused-ring (bicyclic) bond motifs is 1.